The Labute approximate surface area is 213 Å². The van der Waals surface area contributed by atoms with Crippen LogP contribution in [0.1, 0.15) is 33.6 Å². The number of carboxylic acids is 1. The molecule has 0 spiro atoms. The molecule has 4 aromatic rings. The summed E-state index contributed by atoms with van der Waals surface area (Å²) >= 11 is 8.81. The molecule has 0 unspecified atom stereocenters. The molecule has 2 heterocycles. The highest BCUT2D eigenvalue weighted by Gasteiger charge is 2.23. The van der Waals surface area contributed by atoms with Crippen LogP contribution in [0, 0.1) is 0 Å². The predicted octanol–water partition coefficient (Wildman–Crippen LogP) is 5.41. The van der Waals surface area contributed by atoms with Gasteiger partial charge < -0.3 is 10.4 Å². The Hall–Kier alpha value is -3.14. The highest BCUT2D eigenvalue weighted by atomic mass is 35.5. The maximum atomic E-state index is 13.7. The number of carbonyl (C=O) groups is 2. The third kappa shape index (κ3) is 4.84. The van der Waals surface area contributed by atoms with Crippen LogP contribution in [0.2, 0.25) is 5.02 Å². The van der Waals surface area contributed by atoms with Crippen molar-refractivity contribution in [1.82, 2.24) is 9.55 Å². The number of nitrogens with one attached hydrogen (secondary N) is 1. The second-order valence-electron chi connectivity index (χ2n) is 8.12. The van der Waals surface area contributed by atoms with E-state index >= 15 is 0 Å². The van der Waals surface area contributed by atoms with Crippen LogP contribution in [0.4, 0.5) is 5.69 Å². The Morgan fingerprint density at radius 1 is 1.09 bits per heavy atom. The molecule has 10 heteroatoms. The Balaban J connectivity index is 1.47. The Morgan fingerprint density at radius 3 is 2.51 bits per heavy atom. The van der Waals surface area contributed by atoms with E-state index in [2.05, 4.69) is 5.32 Å². The number of halogens is 1. The van der Waals surface area contributed by atoms with Crippen LogP contribution in [-0.4, -0.2) is 32.3 Å². The van der Waals surface area contributed by atoms with Crippen molar-refractivity contribution in [3.05, 3.63) is 79.9 Å². The number of aromatic nitrogens is 2. The summed E-state index contributed by atoms with van der Waals surface area (Å²) in [6.07, 6.45) is 4.01. The minimum Gasteiger partial charge on any atom is -0.478 e. The number of hydrogen-bond acceptors (Lipinski definition) is 6. The fourth-order valence-corrected chi connectivity index (χ4v) is 6.37. The van der Waals surface area contributed by atoms with Gasteiger partial charge in [-0.15, -0.1) is 11.3 Å². The summed E-state index contributed by atoms with van der Waals surface area (Å²) in [6.45, 7) is 0. The lowest BCUT2D eigenvalue weighted by atomic mass is 9.97. The van der Waals surface area contributed by atoms with E-state index in [0.29, 0.717) is 31.8 Å². The molecule has 0 fully saturated rings. The van der Waals surface area contributed by atoms with Gasteiger partial charge in [0.15, 0.2) is 5.16 Å². The van der Waals surface area contributed by atoms with Gasteiger partial charge in [0.2, 0.25) is 5.91 Å². The quantitative estimate of drug-likeness (QED) is 0.258. The number of aromatic carboxylic acids is 1. The molecule has 0 atom stereocenters. The standard InChI is InChI=1S/C25H20ClN3O4S2/c26-15-7-11-17(12-8-15)29-23(31)21-18-3-1-2-4-19(18)35-22(21)28-25(29)34-13-20(30)27-16-9-5-14(6-10-16)24(32)33/h5-12H,1-4,13H2,(H,27,30)(H,32,33). The average Bonchev–Trinajstić information content (AvgIpc) is 3.22. The summed E-state index contributed by atoms with van der Waals surface area (Å²) in [6, 6.07) is 12.9. The SMILES string of the molecule is O=C(CSc1nc2sc3c(c2c(=O)n1-c1ccc(Cl)cc1)CCCC3)Nc1ccc(C(=O)O)cc1. The van der Waals surface area contributed by atoms with Gasteiger partial charge in [0, 0.05) is 15.6 Å². The van der Waals surface area contributed by atoms with E-state index < -0.39 is 5.97 Å². The van der Waals surface area contributed by atoms with Gasteiger partial charge in [-0.1, -0.05) is 23.4 Å². The van der Waals surface area contributed by atoms with Crippen molar-refractivity contribution in [1.29, 1.82) is 0 Å². The number of carbonyl (C=O) groups excluding carboxylic acids is 1. The highest BCUT2D eigenvalue weighted by Crippen LogP contribution is 2.35. The van der Waals surface area contributed by atoms with Crippen LogP contribution in [0.3, 0.4) is 0 Å². The molecule has 5 rings (SSSR count). The maximum absolute atomic E-state index is 13.7. The zero-order valence-electron chi connectivity index (χ0n) is 18.4. The van der Waals surface area contributed by atoms with Crippen LogP contribution in [0.5, 0.6) is 0 Å². The molecule has 1 amide bonds. The monoisotopic (exact) mass is 525 g/mol. The largest absolute Gasteiger partial charge is 0.478 e. The van der Waals surface area contributed by atoms with Gasteiger partial charge in [0.05, 0.1) is 22.4 Å². The number of carboxylic acid groups (broad SMARTS) is 1. The topological polar surface area (TPSA) is 101 Å². The molecule has 0 aliphatic heterocycles. The number of hydrogen-bond donors (Lipinski definition) is 2. The zero-order valence-corrected chi connectivity index (χ0v) is 20.8. The molecule has 2 aromatic carbocycles. The van der Waals surface area contributed by atoms with E-state index in [0.717, 1.165) is 31.2 Å². The fraction of sp³-hybridized carbons (Fsp3) is 0.200. The number of thioether (sulfide) groups is 1. The van der Waals surface area contributed by atoms with Gasteiger partial charge in [-0.05, 0) is 79.8 Å². The van der Waals surface area contributed by atoms with Crippen molar-refractivity contribution in [2.24, 2.45) is 0 Å². The molecule has 2 N–H and O–H groups in total. The van der Waals surface area contributed by atoms with Crippen molar-refractivity contribution in [3.8, 4) is 5.69 Å². The van der Waals surface area contributed by atoms with Crippen molar-refractivity contribution >= 4 is 62.5 Å². The van der Waals surface area contributed by atoms with E-state index in [1.807, 2.05) is 0 Å². The lowest BCUT2D eigenvalue weighted by Crippen LogP contribution is -2.23. The number of amides is 1. The molecule has 7 nitrogen and oxygen atoms in total. The van der Waals surface area contributed by atoms with Crippen molar-refractivity contribution < 1.29 is 14.7 Å². The predicted molar refractivity (Wildman–Crippen MR) is 140 cm³/mol. The van der Waals surface area contributed by atoms with Gasteiger partial charge >= 0.3 is 5.97 Å². The van der Waals surface area contributed by atoms with Crippen LogP contribution in [-0.2, 0) is 17.6 Å². The second kappa shape index (κ2) is 9.85. The van der Waals surface area contributed by atoms with Gasteiger partial charge in [-0.2, -0.15) is 0 Å². The first kappa shape index (κ1) is 23.6. The Bertz CT molecular complexity index is 1490. The lowest BCUT2D eigenvalue weighted by molar-refractivity contribution is -0.113. The summed E-state index contributed by atoms with van der Waals surface area (Å²) in [5, 5.41) is 13.4. The molecule has 0 bridgehead atoms. The number of rotatable bonds is 6. The van der Waals surface area contributed by atoms with Crippen LogP contribution < -0.4 is 10.9 Å². The zero-order chi connectivity index (χ0) is 24.5. The number of thiophene rings is 1. The average molecular weight is 526 g/mol. The first-order valence-electron chi connectivity index (χ1n) is 11.0. The number of benzene rings is 2. The van der Waals surface area contributed by atoms with E-state index in [-0.39, 0.29) is 22.8 Å². The molecular formula is C25H20ClN3O4S2. The second-order valence-corrected chi connectivity index (χ2v) is 10.6. The lowest BCUT2D eigenvalue weighted by Gasteiger charge is -2.14. The highest BCUT2D eigenvalue weighted by molar-refractivity contribution is 7.99. The van der Waals surface area contributed by atoms with Crippen molar-refractivity contribution in [2.75, 3.05) is 11.1 Å². The minimum atomic E-state index is -1.03. The summed E-state index contributed by atoms with van der Waals surface area (Å²) in [7, 11) is 0. The Kier molecular flexibility index (Phi) is 6.64. The van der Waals surface area contributed by atoms with E-state index in [9.17, 15) is 14.4 Å². The number of nitrogens with zero attached hydrogens (tertiary/aromatic N) is 2. The first-order valence-corrected chi connectivity index (χ1v) is 13.2. The van der Waals surface area contributed by atoms with Gasteiger partial charge in [-0.3, -0.25) is 14.2 Å². The summed E-state index contributed by atoms with van der Waals surface area (Å²) in [5.74, 6) is -1.30. The third-order valence-corrected chi connectivity index (χ3v) is 8.17. The van der Waals surface area contributed by atoms with E-state index in [4.69, 9.17) is 21.7 Å². The van der Waals surface area contributed by atoms with Gasteiger partial charge in [0.1, 0.15) is 4.83 Å². The summed E-state index contributed by atoms with van der Waals surface area (Å²) in [5.41, 5.74) is 2.24. The molecule has 1 aliphatic carbocycles. The maximum Gasteiger partial charge on any atom is 0.335 e. The third-order valence-electron chi connectivity index (χ3n) is 5.79. The van der Waals surface area contributed by atoms with Gasteiger partial charge in [-0.25, -0.2) is 9.78 Å². The van der Waals surface area contributed by atoms with Crippen LogP contribution in [0.25, 0.3) is 15.9 Å². The number of aryl methyl sites for hydroxylation is 2. The van der Waals surface area contributed by atoms with E-state index in [1.54, 1.807) is 40.2 Å². The summed E-state index contributed by atoms with van der Waals surface area (Å²) < 4.78 is 1.56. The molecule has 0 saturated heterocycles. The van der Waals surface area contributed by atoms with E-state index in [1.165, 1.54) is 40.9 Å². The minimum absolute atomic E-state index is 0.0251. The molecule has 35 heavy (non-hydrogen) atoms. The normalized spacial score (nSPS) is 12.9. The molecule has 0 radical (unpaired) electrons. The number of anilines is 1. The molecule has 178 valence electrons. The number of fused-ring (bicyclic) bond motifs is 3. The van der Waals surface area contributed by atoms with Crippen molar-refractivity contribution in [3.63, 3.8) is 0 Å². The smallest absolute Gasteiger partial charge is 0.335 e. The van der Waals surface area contributed by atoms with Gasteiger partial charge in [0.25, 0.3) is 5.56 Å². The van der Waals surface area contributed by atoms with Crippen LogP contribution >= 0.6 is 34.7 Å². The molecule has 1 aliphatic rings. The molecule has 0 saturated carbocycles. The Morgan fingerprint density at radius 2 is 1.80 bits per heavy atom. The molecule has 2 aromatic heterocycles. The van der Waals surface area contributed by atoms with Crippen molar-refractivity contribution in [2.45, 2.75) is 30.8 Å². The fourth-order valence-electron chi connectivity index (χ4n) is 4.12. The van der Waals surface area contributed by atoms with Crippen LogP contribution in [0.15, 0.2) is 58.5 Å². The molecular weight excluding hydrogens is 506 g/mol. The summed E-state index contributed by atoms with van der Waals surface area (Å²) in [4.78, 5) is 44.1. The first-order chi connectivity index (χ1) is 16.9.